The molecule has 0 fully saturated rings. The van der Waals surface area contributed by atoms with Crippen LogP contribution in [0.2, 0.25) is 0 Å². The Kier molecular flexibility index (Phi) is 18.9. The molecule has 5 N–H and O–H groups in total. The zero-order valence-electron chi connectivity index (χ0n) is 42.9. The largest absolute Gasteiger partial charge is 0.508 e. The highest BCUT2D eigenvalue weighted by Crippen LogP contribution is 2.44. The summed E-state index contributed by atoms with van der Waals surface area (Å²) in [5.74, 6) is 4.78. The van der Waals surface area contributed by atoms with Gasteiger partial charge in [-0.3, -0.25) is 14.4 Å². The number of carbonyl (C=O) groups excluding carboxylic acids is 2. The van der Waals surface area contributed by atoms with Gasteiger partial charge in [-0.1, -0.05) is 63.7 Å². The number of hydrogen-bond donors (Lipinski definition) is 5. The summed E-state index contributed by atoms with van der Waals surface area (Å²) in [7, 11) is 6.18. The van der Waals surface area contributed by atoms with Crippen molar-refractivity contribution in [3.8, 4) is 92.0 Å². The first-order valence-electron chi connectivity index (χ1n) is 24.0. The number of fused-ring (bicyclic) bond motifs is 6. The molecule has 0 saturated carbocycles. The third kappa shape index (κ3) is 14.3. The number of phenols is 4. The number of aryl methyl sites for hydroxylation is 1. The van der Waals surface area contributed by atoms with Gasteiger partial charge < -0.3 is 63.4 Å². The third-order valence-electron chi connectivity index (χ3n) is 12.3. The molecule has 3 aliphatic rings. The summed E-state index contributed by atoms with van der Waals surface area (Å²) in [4.78, 5) is 35.7. The van der Waals surface area contributed by atoms with E-state index in [2.05, 4.69) is 63.7 Å². The minimum atomic E-state index is -0.925. The second-order valence-electron chi connectivity index (χ2n) is 17.7. The van der Waals surface area contributed by atoms with Crippen molar-refractivity contribution >= 4 is 81.3 Å². The number of rotatable bonds is 8. The van der Waals surface area contributed by atoms with Crippen LogP contribution in [0.4, 0.5) is 0 Å². The van der Waals surface area contributed by atoms with Crippen molar-refractivity contribution in [2.75, 3.05) is 28.4 Å². The Morgan fingerprint density at radius 2 is 0.925 bits per heavy atom. The minimum Gasteiger partial charge on any atom is -0.508 e. The van der Waals surface area contributed by atoms with E-state index < -0.39 is 5.97 Å². The number of aromatic hydroxyl groups is 4. The van der Waals surface area contributed by atoms with Crippen molar-refractivity contribution in [1.29, 1.82) is 0 Å². The number of carboxylic acids is 1. The van der Waals surface area contributed by atoms with Crippen LogP contribution < -0.4 is 37.9 Å². The maximum absolute atomic E-state index is 12.5. The number of halogens is 4. The molecule has 8 aromatic carbocycles. The maximum Gasteiger partial charge on any atom is 0.307 e. The zero-order valence-corrected chi connectivity index (χ0v) is 49.2. The monoisotopic (exact) mass is 1340 g/mol. The second kappa shape index (κ2) is 25.9. The lowest BCUT2D eigenvalue weighted by Crippen LogP contribution is -2.05. The van der Waals surface area contributed by atoms with E-state index in [0.29, 0.717) is 75.0 Å². The number of hydrogen-bond acceptors (Lipinski definition) is 15. The molecule has 0 spiro atoms. The lowest BCUT2D eigenvalue weighted by Gasteiger charge is -2.13. The lowest BCUT2D eigenvalue weighted by atomic mass is 10.0. The first-order valence-corrected chi connectivity index (χ1v) is 27.2. The van der Waals surface area contributed by atoms with Crippen LogP contribution in [0.25, 0.3) is 0 Å². The van der Waals surface area contributed by atoms with Crippen LogP contribution in [-0.4, -0.2) is 71.5 Å². The molecule has 0 unspecified atom stereocenters. The number of carbonyl (C=O) groups is 3. The van der Waals surface area contributed by atoms with Crippen LogP contribution >= 0.6 is 63.7 Å². The quantitative estimate of drug-likeness (QED) is 0.0953. The Balaban J connectivity index is 0.000000140. The van der Waals surface area contributed by atoms with Crippen molar-refractivity contribution in [2.24, 2.45) is 0 Å². The minimum absolute atomic E-state index is 0.00631. The standard InChI is InChI=1S/C16H15BrO5.C16H13BrO4.C14H9BrO4.C14H11BrO3/c1-20-12-7-13(21-2)9-14(8-12)22-15-4-3-11(17)5-10(15)6-16(18)19;1-19-11-7-14(20-2)16-12(18)6-9-5-10(17)3-4-13(9)21-15(16)8-11;15-8-1-2-12-7(3-8)4-10(17)14-11(18)5-9(16)6-13(14)19-12;15-9-2-4-13-8(5-9)1-3-11-12(17)6-10(16)7-14(11)18-13/h3-5,7-9H,6H2,1-2H3,(H,18,19);3-5,7-8H,6H2,1-2H3;1-3,5-6,16,18H,4H2;2,4-7,16-17H,1,3H2. The number of benzene rings is 8. The van der Waals surface area contributed by atoms with Crippen molar-refractivity contribution in [3.63, 3.8) is 0 Å². The van der Waals surface area contributed by atoms with Crippen molar-refractivity contribution < 1.29 is 77.8 Å². The van der Waals surface area contributed by atoms with Crippen LogP contribution in [0.15, 0.2) is 145 Å². The summed E-state index contributed by atoms with van der Waals surface area (Å²) in [6.07, 6.45) is 1.76. The highest BCUT2D eigenvalue weighted by atomic mass is 79.9. The van der Waals surface area contributed by atoms with Crippen LogP contribution in [0.1, 0.15) is 48.5 Å². The number of carboxylic acid groups (broad SMARTS) is 1. The van der Waals surface area contributed by atoms with E-state index in [0.717, 1.165) is 58.4 Å². The van der Waals surface area contributed by atoms with E-state index in [1.807, 2.05) is 36.4 Å². The molecule has 0 atom stereocenters. The molecular weight excluding hydrogens is 1300 g/mol. The molecule has 16 nitrogen and oxygen atoms in total. The molecule has 0 amide bonds. The smallest absolute Gasteiger partial charge is 0.307 e. The Bertz CT molecular complexity index is 3650. The second-order valence-corrected chi connectivity index (χ2v) is 21.4. The van der Waals surface area contributed by atoms with E-state index in [-0.39, 0.29) is 65.1 Å². The van der Waals surface area contributed by atoms with Gasteiger partial charge in [-0.05, 0) is 91.2 Å². The van der Waals surface area contributed by atoms with Gasteiger partial charge >= 0.3 is 5.97 Å². The first-order chi connectivity index (χ1) is 38.3. The molecule has 0 aromatic heterocycles. The van der Waals surface area contributed by atoms with E-state index in [1.54, 1.807) is 88.1 Å². The van der Waals surface area contributed by atoms with Gasteiger partial charge in [0.05, 0.1) is 34.9 Å². The molecule has 0 radical (unpaired) electrons. The Labute approximate surface area is 492 Å². The van der Waals surface area contributed by atoms with E-state index in [9.17, 15) is 34.8 Å². The van der Waals surface area contributed by atoms with Gasteiger partial charge in [-0.15, -0.1) is 0 Å². The van der Waals surface area contributed by atoms with E-state index in [4.69, 9.17) is 43.0 Å². The van der Waals surface area contributed by atoms with E-state index >= 15 is 0 Å². The van der Waals surface area contributed by atoms with Gasteiger partial charge in [0.15, 0.2) is 11.6 Å². The average molecular weight is 1340 g/mol. The number of phenolic OH excluding ortho intramolecular Hbond substituents is 4. The van der Waals surface area contributed by atoms with Crippen LogP contribution in [0.5, 0.6) is 92.0 Å². The molecule has 0 bridgehead atoms. The van der Waals surface area contributed by atoms with Gasteiger partial charge in [-0.25, -0.2) is 0 Å². The van der Waals surface area contributed by atoms with Gasteiger partial charge in [0.25, 0.3) is 0 Å². The fraction of sp³-hybridized carbons (Fsp3) is 0.150. The summed E-state index contributed by atoms with van der Waals surface area (Å²) in [6.45, 7) is 0. The topological polar surface area (TPSA) is 226 Å². The van der Waals surface area contributed by atoms with Gasteiger partial charge in [0.1, 0.15) is 103 Å². The van der Waals surface area contributed by atoms with Crippen molar-refractivity contribution in [3.05, 3.63) is 184 Å². The average Bonchev–Trinajstić information content (AvgIpc) is 3.78. The number of ketones is 2. The summed E-state index contributed by atoms with van der Waals surface area (Å²) >= 11 is 13.5. The molecule has 20 heteroatoms. The van der Waals surface area contributed by atoms with Gasteiger partial charge in [0.2, 0.25) is 0 Å². The molecule has 0 saturated heterocycles. The number of methoxy groups -OCH3 is 4. The number of ether oxygens (including phenoxy) is 8. The van der Waals surface area contributed by atoms with E-state index in [1.165, 1.54) is 25.3 Å². The highest BCUT2D eigenvalue weighted by Gasteiger charge is 2.28. The summed E-state index contributed by atoms with van der Waals surface area (Å²) in [5, 5.41) is 47.6. The SMILES string of the molecule is COc1cc(OC)c2c(c1)Oc1ccc(Br)cc1CC2=O.COc1cc(OC)cc(Oc2ccc(Br)cc2CC(=O)O)c1.O=C1Cc2cc(Br)ccc2Oc2cc(O)cc(O)c21.Oc1cc(O)c2c(c1)Oc1ccc(Br)cc1CC2. The molecule has 80 heavy (non-hydrogen) atoms. The van der Waals surface area contributed by atoms with Crippen LogP contribution in [0, 0.1) is 0 Å². The Morgan fingerprint density at radius 1 is 0.463 bits per heavy atom. The molecule has 412 valence electrons. The molecule has 3 heterocycles. The lowest BCUT2D eigenvalue weighted by molar-refractivity contribution is -0.136. The normalized spacial score (nSPS) is 12.2. The van der Waals surface area contributed by atoms with Crippen LogP contribution in [0.3, 0.4) is 0 Å². The molecule has 3 aliphatic heterocycles. The fourth-order valence-electron chi connectivity index (χ4n) is 8.57. The summed E-state index contributed by atoms with van der Waals surface area (Å²) in [5.41, 5.74) is 4.51. The van der Waals surface area contributed by atoms with Gasteiger partial charge in [-0.2, -0.15) is 0 Å². The summed E-state index contributed by atoms with van der Waals surface area (Å²) in [6, 6.07) is 35.8. The Hall–Kier alpha value is -7.91. The van der Waals surface area contributed by atoms with Crippen molar-refractivity contribution in [2.45, 2.75) is 32.1 Å². The summed E-state index contributed by atoms with van der Waals surface area (Å²) < 4.78 is 47.6. The first kappa shape index (κ1) is 58.2. The molecule has 11 rings (SSSR count). The van der Waals surface area contributed by atoms with Crippen molar-refractivity contribution in [1.82, 2.24) is 0 Å². The maximum atomic E-state index is 12.5. The molecular formula is C60H48Br4O16. The third-order valence-corrected chi connectivity index (χ3v) is 14.3. The predicted molar refractivity (Wildman–Crippen MR) is 310 cm³/mol. The molecule has 0 aliphatic carbocycles. The predicted octanol–water partition coefficient (Wildman–Crippen LogP) is 15.0. The van der Waals surface area contributed by atoms with Gasteiger partial charge in [0, 0.05) is 108 Å². The van der Waals surface area contributed by atoms with Crippen LogP contribution in [-0.2, 0) is 36.9 Å². The highest BCUT2D eigenvalue weighted by molar-refractivity contribution is 9.11. The number of Topliss-reactive ketones (excluding diaryl/α,β-unsaturated/α-hetero) is 2. The Morgan fingerprint density at radius 3 is 1.49 bits per heavy atom. The fourth-order valence-corrected chi connectivity index (χ4v) is 10.2. The molecule has 8 aromatic rings. The number of aliphatic carboxylic acids is 1. The zero-order chi connectivity index (χ0) is 57.4.